The summed E-state index contributed by atoms with van der Waals surface area (Å²) in [4.78, 5) is 38.1. The van der Waals surface area contributed by atoms with Gasteiger partial charge in [0, 0.05) is 19.7 Å². The Kier molecular flexibility index (Phi) is 4.07. The number of carboxylic acids is 1. The maximum absolute atomic E-state index is 12.3. The largest absolute Gasteiger partial charge is 0.480 e. The number of aliphatic carboxylic acids is 1. The Balaban J connectivity index is 2.32. The van der Waals surface area contributed by atoms with E-state index in [1.807, 2.05) is 11.9 Å². The van der Waals surface area contributed by atoms with E-state index in [0.717, 1.165) is 10.6 Å². The highest BCUT2D eigenvalue weighted by atomic mass is 16.4. The zero-order valence-electron chi connectivity index (χ0n) is 13.0. The lowest BCUT2D eigenvalue weighted by Crippen LogP contribution is -2.44. The minimum Gasteiger partial charge on any atom is -0.480 e. The maximum atomic E-state index is 12.3. The highest BCUT2D eigenvalue weighted by Gasteiger charge is 2.28. The van der Waals surface area contributed by atoms with Gasteiger partial charge in [0.2, 0.25) is 5.91 Å². The smallest absolute Gasteiger partial charge is 0.326 e. The first-order valence-electron chi connectivity index (χ1n) is 6.91. The van der Waals surface area contributed by atoms with Crippen molar-refractivity contribution >= 4 is 29.2 Å². The number of rotatable bonds is 3. The Bertz CT molecular complexity index is 644. The fourth-order valence-electron chi connectivity index (χ4n) is 2.24. The summed E-state index contributed by atoms with van der Waals surface area (Å²) in [5.41, 5.74) is 1.70. The van der Waals surface area contributed by atoms with Crippen molar-refractivity contribution in [3.05, 3.63) is 23.8 Å². The predicted molar refractivity (Wildman–Crippen MR) is 82.1 cm³/mol. The summed E-state index contributed by atoms with van der Waals surface area (Å²) < 4.78 is 0. The molecule has 1 aromatic carbocycles. The Morgan fingerprint density at radius 1 is 1.41 bits per heavy atom. The molecule has 0 radical (unpaired) electrons. The standard InChI is InChI=1S/C15H19N3O4/c1-8-13(19)16-11-7-10(5-6-12(11)17(8)3)14(20)18(4)9(2)15(21)22/h5-9H,1-4H3,(H,16,19)(H,21,22). The van der Waals surface area contributed by atoms with E-state index in [0.29, 0.717) is 11.3 Å². The number of carboxylic acid groups (broad SMARTS) is 1. The molecule has 0 saturated carbocycles. The molecule has 0 fully saturated rings. The van der Waals surface area contributed by atoms with Crippen molar-refractivity contribution in [2.24, 2.45) is 0 Å². The van der Waals surface area contributed by atoms with E-state index >= 15 is 0 Å². The van der Waals surface area contributed by atoms with Gasteiger partial charge in [-0.15, -0.1) is 0 Å². The predicted octanol–water partition coefficient (Wildman–Crippen LogP) is 1.01. The normalized spacial score (nSPS) is 18.3. The van der Waals surface area contributed by atoms with Crippen LogP contribution in [0, 0.1) is 0 Å². The van der Waals surface area contributed by atoms with E-state index in [-0.39, 0.29) is 11.9 Å². The molecule has 1 heterocycles. The van der Waals surface area contributed by atoms with Gasteiger partial charge in [-0.25, -0.2) is 4.79 Å². The van der Waals surface area contributed by atoms with Gasteiger partial charge in [-0.3, -0.25) is 9.59 Å². The lowest BCUT2D eigenvalue weighted by Gasteiger charge is -2.33. The van der Waals surface area contributed by atoms with Gasteiger partial charge in [0.05, 0.1) is 11.4 Å². The molecule has 118 valence electrons. The third-order valence-corrected chi connectivity index (χ3v) is 4.10. The fraction of sp³-hybridized carbons (Fsp3) is 0.400. The first kappa shape index (κ1) is 15.8. The van der Waals surface area contributed by atoms with Crippen molar-refractivity contribution < 1.29 is 19.5 Å². The third kappa shape index (κ3) is 2.61. The zero-order valence-corrected chi connectivity index (χ0v) is 13.0. The van der Waals surface area contributed by atoms with Crippen molar-refractivity contribution in [2.75, 3.05) is 24.3 Å². The molecular weight excluding hydrogens is 286 g/mol. The van der Waals surface area contributed by atoms with E-state index in [2.05, 4.69) is 5.32 Å². The highest BCUT2D eigenvalue weighted by molar-refractivity contribution is 6.05. The number of nitrogens with zero attached hydrogens (tertiary/aromatic N) is 2. The van der Waals surface area contributed by atoms with Crippen LogP contribution < -0.4 is 10.2 Å². The summed E-state index contributed by atoms with van der Waals surface area (Å²) >= 11 is 0. The number of benzene rings is 1. The van der Waals surface area contributed by atoms with Gasteiger partial charge in [-0.05, 0) is 32.0 Å². The molecule has 1 aromatic rings. The summed E-state index contributed by atoms with van der Waals surface area (Å²) in [5, 5.41) is 11.7. The number of hydrogen-bond donors (Lipinski definition) is 2. The Morgan fingerprint density at radius 3 is 2.64 bits per heavy atom. The average Bonchev–Trinajstić information content (AvgIpc) is 2.49. The zero-order chi connectivity index (χ0) is 16.6. The molecule has 0 aliphatic carbocycles. The first-order valence-corrected chi connectivity index (χ1v) is 6.91. The quantitative estimate of drug-likeness (QED) is 0.870. The van der Waals surface area contributed by atoms with Crippen LogP contribution in [-0.4, -0.2) is 54.0 Å². The van der Waals surface area contributed by atoms with Crippen molar-refractivity contribution in [1.82, 2.24) is 4.90 Å². The van der Waals surface area contributed by atoms with Gasteiger partial charge in [-0.2, -0.15) is 0 Å². The number of carbonyl (C=O) groups excluding carboxylic acids is 2. The number of nitrogens with one attached hydrogen (secondary N) is 1. The third-order valence-electron chi connectivity index (χ3n) is 4.10. The van der Waals surface area contributed by atoms with Crippen LogP contribution in [0.15, 0.2) is 18.2 Å². The van der Waals surface area contributed by atoms with Gasteiger partial charge in [0.1, 0.15) is 12.1 Å². The maximum Gasteiger partial charge on any atom is 0.326 e. The number of hydrogen-bond acceptors (Lipinski definition) is 4. The van der Waals surface area contributed by atoms with E-state index < -0.39 is 17.9 Å². The summed E-state index contributed by atoms with van der Waals surface area (Å²) in [6, 6.07) is 3.73. The molecule has 2 N–H and O–H groups in total. The lowest BCUT2D eigenvalue weighted by atomic mass is 10.1. The number of carbonyl (C=O) groups is 3. The Hall–Kier alpha value is -2.57. The number of likely N-dealkylation sites (N-methyl/N-ethyl adjacent to an activating group) is 2. The number of anilines is 2. The summed E-state index contributed by atoms with van der Waals surface area (Å²) in [6.45, 7) is 3.23. The molecule has 0 aromatic heterocycles. The van der Waals surface area contributed by atoms with Crippen LogP contribution in [0.2, 0.25) is 0 Å². The second kappa shape index (κ2) is 5.67. The van der Waals surface area contributed by atoms with Gasteiger partial charge < -0.3 is 20.2 Å². The fourth-order valence-corrected chi connectivity index (χ4v) is 2.24. The van der Waals surface area contributed by atoms with Crippen molar-refractivity contribution in [3.8, 4) is 0 Å². The molecule has 2 rings (SSSR count). The first-order chi connectivity index (χ1) is 10.2. The average molecular weight is 305 g/mol. The van der Waals surface area contributed by atoms with Crippen LogP contribution in [0.3, 0.4) is 0 Å². The van der Waals surface area contributed by atoms with E-state index in [1.54, 1.807) is 25.1 Å². The monoisotopic (exact) mass is 305 g/mol. The van der Waals surface area contributed by atoms with Crippen LogP contribution in [0.5, 0.6) is 0 Å². The molecular formula is C15H19N3O4. The SMILES string of the molecule is CC(C(=O)O)N(C)C(=O)c1ccc2c(c1)NC(=O)C(C)N2C. The second-order valence-corrected chi connectivity index (χ2v) is 5.44. The summed E-state index contributed by atoms with van der Waals surface area (Å²) in [7, 11) is 3.25. The molecule has 2 atom stereocenters. The minimum atomic E-state index is -1.07. The van der Waals surface area contributed by atoms with E-state index in [9.17, 15) is 14.4 Å². The molecule has 0 saturated heterocycles. The number of amides is 2. The Morgan fingerprint density at radius 2 is 2.05 bits per heavy atom. The minimum absolute atomic E-state index is 0.146. The second-order valence-electron chi connectivity index (χ2n) is 5.44. The Labute approximate surface area is 128 Å². The summed E-state index contributed by atoms with van der Waals surface area (Å²) in [6.07, 6.45) is 0. The van der Waals surface area contributed by atoms with Crippen LogP contribution in [0.4, 0.5) is 11.4 Å². The van der Waals surface area contributed by atoms with Gasteiger partial charge in [0.15, 0.2) is 0 Å². The molecule has 0 bridgehead atoms. The molecule has 2 amide bonds. The van der Waals surface area contributed by atoms with Gasteiger partial charge >= 0.3 is 5.97 Å². The van der Waals surface area contributed by atoms with Crippen LogP contribution in [0.1, 0.15) is 24.2 Å². The van der Waals surface area contributed by atoms with Crippen LogP contribution in [-0.2, 0) is 9.59 Å². The van der Waals surface area contributed by atoms with Gasteiger partial charge in [0.25, 0.3) is 5.91 Å². The van der Waals surface area contributed by atoms with Crippen LogP contribution >= 0.6 is 0 Å². The van der Waals surface area contributed by atoms with E-state index in [1.165, 1.54) is 14.0 Å². The molecule has 22 heavy (non-hydrogen) atoms. The van der Waals surface area contributed by atoms with E-state index in [4.69, 9.17) is 5.11 Å². The molecule has 1 aliphatic rings. The lowest BCUT2D eigenvalue weighted by molar-refractivity contribution is -0.141. The van der Waals surface area contributed by atoms with Crippen molar-refractivity contribution in [1.29, 1.82) is 0 Å². The van der Waals surface area contributed by atoms with Crippen LogP contribution in [0.25, 0.3) is 0 Å². The molecule has 0 spiro atoms. The van der Waals surface area contributed by atoms with Crippen molar-refractivity contribution in [3.63, 3.8) is 0 Å². The molecule has 2 unspecified atom stereocenters. The number of fused-ring (bicyclic) bond motifs is 1. The highest BCUT2D eigenvalue weighted by Crippen LogP contribution is 2.32. The molecule has 1 aliphatic heterocycles. The molecule has 7 nitrogen and oxygen atoms in total. The summed E-state index contributed by atoms with van der Waals surface area (Å²) in [5.74, 6) is -1.63. The van der Waals surface area contributed by atoms with Crippen molar-refractivity contribution in [2.45, 2.75) is 25.9 Å². The van der Waals surface area contributed by atoms with Gasteiger partial charge in [-0.1, -0.05) is 0 Å². The molecule has 7 heteroatoms. The topological polar surface area (TPSA) is 90.0 Å².